The summed E-state index contributed by atoms with van der Waals surface area (Å²) in [5.41, 5.74) is -0.387. The van der Waals surface area contributed by atoms with Gasteiger partial charge in [0, 0.05) is 24.5 Å². The maximum absolute atomic E-state index is 12.5. The molecule has 1 unspecified atom stereocenters. The van der Waals surface area contributed by atoms with E-state index >= 15 is 0 Å². The van der Waals surface area contributed by atoms with E-state index in [1.807, 2.05) is 0 Å². The van der Waals surface area contributed by atoms with Crippen molar-refractivity contribution < 1.29 is 22.7 Å². The number of hydrogen-bond donors (Lipinski definition) is 2. The van der Waals surface area contributed by atoms with E-state index in [4.69, 9.17) is 5.11 Å². The van der Waals surface area contributed by atoms with E-state index in [1.54, 1.807) is 0 Å². The summed E-state index contributed by atoms with van der Waals surface area (Å²) < 4.78 is 49.5. The standard InChI is InChI=1S/C13H11F4N3O/c14-12(21)9-2-4-11(20-7-9)19-6-8-1-3-10(18-5-8)13(15,16)17/h1-5,7,12,21H,6H2,(H,19,20). The minimum atomic E-state index is -4.46. The zero-order valence-corrected chi connectivity index (χ0v) is 10.6. The summed E-state index contributed by atoms with van der Waals surface area (Å²) in [4.78, 5) is 7.19. The van der Waals surface area contributed by atoms with E-state index in [0.29, 0.717) is 11.4 Å². The predicted molar refractivity (Wildman–Crippen MR) is 66.9 cm³/mol. The Kier molecular flexibility index (Phi) is 4.37. The number of hydrogen-bond acceptors (Lipinski definition) is 4. The maximum atomic E-state index is 12.5. The molecule has 0 aliphatic heterocycles. The first-order chi connectivity index (χ1) is 9.86. The van der Waals surface area contributed by atoms with Crippen LogP contribution in [0.15, 0.2) is 36.7 Å². The molecule has 0 amide bonds. The van der Waals surface area contributed by atoms with Crippen molar-refractivity contribution in [3.8, 4) is 0 Å². The van der Waals surface area contributed by atoms with Gasteiger partial charge in [-0.2, -0.15) is 13.2 Å². The number of pyridine rings is 2. The Morgan fingerprint density at radius 1 is 1.10 bits per heavy atom. The molecule has 0 fully saturated rings. The molecule has 0 spiro atoms. The van der Waals surface area contributed by atoms with Crippen molar-refractivity contribution >= 4 is 5.82 Å². The number of aromatic nitrogens is 2. The highest BCUT2D eigenvalue weighted by Gasteiger charge is 2.31. The van der Waals surface area contributed by atoms with E-state index in [0.717, 1.165) is 18.5 Å². The highest BCUT2D eigenvalue weighted by atomic mass is 19.4. The van der Waals surface area contributed by atoms with E-state index in [2.05, 4.69) is 15.3 Å². The van der Waals surface area contributed by atoms with Crippen LogP contribution in [0.25, 0.3) is 0 Å². The molecular formula is C13H11F4N3O. The van der Waals surface area contributed by atoms with Crippen molar-refractivity contribution in [2.45, 2.75) is 19.1 Å². The Balaban J connectivity index is 1.96. The molecule has 0 aliphatic rings. The molecule has 2 N–H and O–H groups in total. The summed E-state index contributed by atoms with van der Waals surface area (Å²) in [7, 11) is 0. The quantitative estimate of drug-likeness (QED) is 0.852. The van der Waals surface area contributed by atoms with Gasteiger partial charge in [-0.3, -0.25) is 4.98 Å². The first kappa shape index (κ1) is 15.2. The second kappa shape index (κ2) is 6.04. The van der Waals surface area contributed by atoms with Crippen molar-refractivity contribution in [1.82, 2.24) is 9.97 Å². The van der Waals surface area contributed by atoms with E-state index in [1.165, 1.54) is 18.2 Å². The minimum Gasteiger partial charge on any atom is -0.366 e. The Morgan fingerprint density at radius 2 is 1.86 bits per heavy atom. The van der Waals surface area contributed by atoms with Crippen LogP contribution in [-0.4, -0.2) is 15.1 Å². The van der Waals surface area contributed by atoms with Crippen LogP contribution in [0.3, 0.4) is 0 Å². The zero-order chi connectivity index (χ0) is 15.5. The van der Waals surface area contributed by atoms with E-state index in [-0.39, 0.29) is 12.1 Å². The number of rotatable bonds is 4. The van der Waals surface area contributed by atoms with Gasteiger partial charge in [0.1, 0.15) is 11.5 Å². The molecule has 0 aliphatic carbocycles. The average molecular weight is 301 g/mol. The Morgan fingerprint density at radius 3 is 2.33 bits per heavy atom. The molecule has 0 saturated carbocycles. The van der Waals surface area contributed by atoms with Gasteiger partial charge >= 0.3 is 6.18 Å². The van der Waals surface area contributed by atoms with Crippen LogP contribution in [0.4, 0.5) is 23.4 Å². The Bertz CT molecular complexity index is 582. The van der Waals surface area contributed by atoms with Gasteiger partial charge in [-0.1, -0.05) is 6.07 Å². The summed E-state index contributed by atoms with van der Waals surface area (Å²) in [6.45, 7) is 0.218. The van der Waals surface area contributed by atoms with Crippen LogP contribution in [0, 0.1) is 0 Å². The first-order valence-electron chi connectivity index (χ1n) is 5.90. The SMILES string of the molecule is OC(F)c1ccc(NCc2ccc(C(F)(F)F)nc2)nc1. The number of alkyl halides is 4. The third-order valence-corrected chi connectivity index (χ3v) is 2.65. The minimum absolute atomic E-state index is 0.0248. The first-order valence-corrected chi connectivity index (χ1v) is 5.90. The summed E-state index contributed by atoms with van der Waals surface area (Å²) in [5, 5.41) is 11.5. The highest BCUT2D eigenvalue weighted by molar-refractivity contribution is 5.36. The molecular weight excluding hydrogens is 290 g/mol. The van der Waals surface area contributed by atoms with E-state index in [9.17, 15) is 17.6 Å². The number of anilines is 1. The number of nitrogens with one attached hydrogen (secondary N) is 1. The Hall–Kier alpha value is -2.22. The zero-order valence-electron chi connectivity index (χ0n) is 10.6. The number of nitrogens with zero attached hydrogens (tertiary/aromatic N) is 2. The molecule has 2 heterocycles. The van der Waals surface area contributed by atoms with Crippen LogP contribution in [0.5, 0.6) is 0 Å². The van der Waals surface area contributed by atoms with Crippen molar-refractivity contribution in [2.75, 3.05) is 5.32 Å². The molecule has 112 valence electrons. The molecule has 4 nitrogen and oxygen atoms in total. The van der Waals surface area contributed by atoms with Gasteiger partial charge in [-0.05, 0) is 23.8 Å². The fourth-order valence-electron chi connectivity index (χ4n) is 1.54. The smallest absolute Gasteiger partial charge is 0.366 e. The lowest BCUT2D eigenvalue weighted by atomic mass is 10.2. The molecule has 0 aromatic carbocycles. The number of aliphatic hydroxyl groups excluding tert-OH is 1. The lowest BCUT2D eigenvalue weighted by molar-refractivity contribution is -0.141. The monoisotopic (exact) mass is 301 g/mol. The topological polar surface area (TPSA) is 58.0 Å². The van der Waals surface area contributed by atoms with Crippen LogP contribution >= 0.6 is 0 Å². The third kappa shape index (κ3) is 4.12. The second-order valence-corrected chi connectivity index (χ2v) is 4.22. The normalized spacial score (nSPS) is 13.0. The van der Waals surface area contributed by atoms with Gasteiger partial charge < -0.3 is 10.4 Å². The molecule has 2 aromatic rings. The van der Waals surface area contributed by atoms with Crippen LogP contribution < -0.4 is 5.32 Å². The highest BCUT2D eigenvalue weighted by Crippen LogP contribution is 2.27. The molecule has 0 bridgehead atoms. The number of aliphatic hydroxyl groups is 1. The van der Waals surface area contributed by atoms with Crippen molar-refractivity contribution in [3.05, 3.63) is 53.5 Å². The summed E-state index contributed by atoms with van der Waals surface area (Å²) in [5.74, 6) is 0.402. The maximum Gasteiger partial charge on any atom is 0.433 e. The lowest BCUT2D eigenvalue weighted by Gasteiger charge is -2.08. The van der Waals surface area contributed by atoms with Gasteiger partial charge in [0.15, 0.2) is 0 Å². The summed E-state index contributed by atoms with van der Waals surface area (Å²) in [6, 6.07) is 5.01. The lowest BCUT2D eigenvalue weighted by Crippen LogP contribution is -2.09. The number of halogens is 4. The fourth-order valence-corrected chi connectivity index (χ4v) is 1.54. The predicted octanol–water partition coefficient (Wildman–Crippen LogP) is 3.07. The molecule has 0 radical (unpaired) electrons. The molecule has 2 rings (SSSR count). The van der Waals surface area contributed by atoms with Crippen LogP contribution in [-0.2, 0) is 12.7 Å². The van der Waals surface area contributed by atoms with Crippen molar-refractivity contribution in [3.63, 3.8) is 0 Å². The molecule has 1 atom stereocenters. The van der Waals surface area contributed by atoms with Gasteiger partial charge in [-0.15, -0.1) is 0 Å². The van der Waals surface area contributed by atoms with Gasteiger partial charge in [0.2, 0.25) is 6.36 Å². The second-order valence-electron chi connectivity index (χ2n) is 4.22. The van der Waals surface area contributed by atoms with Crippen molar-refractivity contribution in [2.24, 2.45) is 0 Å². The fraction of sp³-hybridized carbons (Fsp3) is 0.231. The van der Waals surface area contributed by atoms with Crippen LogP contribution in [0.1, 0.15) is 23.2 Å². The van der Waals surface area contributed by atoms with Crippen LogP contribution in [0.2, 0.25) is 0 Å². The summed E-state index contributed by atoms with van der Waals surface area (Å²) >= 11 is 0. The molecule has 0 saturated heterocycles. The van der Waals surface area contributed by atoms with Gasteiger partial charge in [0.25, 0.3) is 0 Å². The van der Waals surface area contributed by atoms with Gasteiger partial charge in [-0.25, -0.2) is 9.37 Å². The molecule has 8 heteroatoms. The summed E-state index contributed by atoms with van der Waals surface area (Å²) in [6.07, 6.45) is -4.27. The van der Waals surface area contributed by atoms with Gasteiger partial charge in [0.05, 0.1) is 0 Å². The molecule has 21 heavy (non-hydrogen) atoms. The third-order valence-electron chi connectivity index (χ3n) is 2.65. The van der Waals surface area contributed by atoms with E-state index < -0.39 is 18.2 Å². The average Bonchev–Trinajstić information content (AvgIpc) is 2.45. The largest absolute Gasteiger partial charge is 0.433 e. The van der Waals surface area contributed by atoms with Crippen molar-refractivity contribution in [1.29, 1.82) is 0 Å². The Labute approximate surface area is 117 Å². The molecule has 2 aromatic heterocycles.